The molecule has 104 valence electrons. The second-order valence-corrected chi connectivity index (χ2v) is 4.71. The van der Waals surface area contributed by atoms with Crippen molar-refractivity contribution in [2.24, 2.45) is 5.92 Å². The van der Waals surface area contributed by atoms with Gasteiger partial charge in [0, 0.05) is 33.3 Å². The first-order valence-electron chi connectivity index (χ1n) is 6.03. The van der Waals surface area contributed by atoms with Gasteiger partial charge in [0.2, 0.25) is 0 Å². The molecule has 1 rings (SSSR count). The van der Waals surface area contributed by atoms with Crippen molar-refractivity contribution in [1.82, 2.24) is 10.3 Å². The predicted molar refractivity (Wildman–Crippen MR) is 72.3 cm³/mol. The molecule has 0 aliphatic heterocycles. The van der Waals surface area contributed by atoms with Gasteiger partial charge < -0.3 is 15.3 Å². The molecule has 0 radical (unpaired) electrons. The summed E-state index contributed by atoms with van der Waals surface area (Å²) in [7, 11) is 3.74. The van der Waals surface area contributed by atoms with Crippen LogP contribution in [0, 0.1) is 5.92 Å². The standard InChI is InChI=1S/C13H19N3O3/c1-9(6-12(17)18)7-15-13(19)10-4-5-11(14-8-10)16(2)3/h4-5,8-9H,6-7H2,1-3H3,(H,15,19)(H,17,18). The molecule has 6 nitrogen and oxygen atoms in total. The zero-order valence-corrected chi connectivity index (χ0v) is 11.4. The minimum Gasteiger partial charge on any atom is -0.481 e. The predicted octanol–water partition coefficient (Wildman–Crippen LogP) is 0.988. The summed E-state index contributed by atoms with van der Waals surface area (Å²) in [5.41, 5.74) is 0.466. The van der Waals surface area contributed by atoms with E-state index in [4.69, 9.17) is 5.11 Å². The molecule has 1 unspecified atom stereocenters. The van der Waals surface area contributed by atoms with Crippen LogP contribution in [0.5, 0.6) is 0 Å². The van der Waals surface area contributed by atoms with Crippen LogP contribution in [0.25, 0.3) is 0 Å². The third-order valence-corrected chi connectivity index (χ3v) is 2.60. The number of rotatable bonds is 6. The quantitative estimate of drug-likeness (QED) is 0.801. The van der Waals surface area contributed by atoms with Gasteiger partial charge in [-0.15, -0.1) is 0 Å². The minimum absolute atomic E-state index is 0.0398. The van der Waals surface area contributed by atoms with Gasteiger partial charge in [0.15, 0.2) is 0 Å². The zero-order valence-electron chi connectivity index (χ0n) is 11.4. The molecule has 1 amide bonds. The summed E-state index contributed by atoms with van der Waals surface area (Å²) < 4.78 is 0. The lowest BCUT2D eigenvalue weighted by molar-refractivity contribution is -0.137. The zero-order chi connectivity index (χ0) is 14.4. The molecule has 2 N–H and O–H groups in total. The number of carboxylic acid groups (broad SMARTS) is 1. The number of nitrogens with zero attached hydrogens (tertiary/aromatic N) is 2. The van der Waals surface area contributed by atoms with Gasteiger partial charge in [0.1, 0.15) is 5.82 Å². The Kier molecular flexibility index (Phi) is 5.29. The van der Waals surface area contributed by atoms with Crippen molar-refractivity contribution in [3.63, 3.8) is 0 Å². The second kappa shape index (κ2) is 6.72. The molecule has 0 aliphatic carbocycles. The Morgan fingerprint density at radius 3 is 2.58 bits per heavy atom. The van der Waals surface area contributed by atoms with Crippen molar-refractivity contribution in [3.05, 3.63) is 23.9 Å². The van der Waals surface area contributed by atoms with Gasteiger partial charge in [-0.05, 0) is 18.1 Å². The first-order valence-corrected chi connectivity index (χ1v) is 6.03. The van der Waals surface area contributed by atoms with Crippen LogP contribution >= 0.6 is 0 Å². The summed E-state index contributed by atoms with van der Waals surface area (Å²) >= 11 is 0. The number of anilines is 1. The van der Waals surface area contributed by atoms with E-state index in [1.54, 1.807) is 19.1 Å². The molecule has 0 aliphatic rings. The maximum Gasteiger partial charge on any atom is 0.303 e. The fourth-order valence-corrected chi connectivity index (χ4v) is 1.52. The van der Waals surface area contributed by atoms with Gasteiger partial charge >= 0.3 is 5.97 Å². The fourth-order valence-electron chi connectivity index (χ4n) is 1.52. The molecule has 0 spiro atoms. The number of aromatic nitrogens is 1. The first kappa shape index (κ1) is 14.9. The summed E-state index contributed by atoms with van der Waals surface area (Å²) in [6, 6.07) is 3.45. The van der Waals surface area contributed by atoms with Crippen molar-refractivity contribution >= 4 is 17.7 Å². The number of aliphatic carboxylic acids is 1. The Bertz CT molecular complexity index is 443. The topological polar surface area (TPSA) is 82.5 Å². The molecule has 6 heteroatoms. The molecule has 0 saturated heterocycles. The van der Waals surface area contributed by atoms with Crippen molar-refractivity contribution in [1.29, 1.82) is 0 Å². The molecule has 1 heterocycles. The third kappa shape index (κ3) is 4.95. The van der Waals surface area contributed by atoms with E-state index >= 15 is 0 Å². The molecule has 0 bridgehead atoms. The molecule has 19 heavy (non-hydrogen) atoms. The summed E-state index contributed by atoms with van der Waals surface area (Å²) in [6.07, 6.45) is 1.55. The number of hydrogen-bond donors (Lipinski definition) is 2. The van der Waals surface area contributed by atoms with Crippen molar-refractivity contribution in [2.75, 3.05) is 25.5 Å². The number of pyridine rings is 1. The van der Waals surface area contributed by atoms with Gasteiger partial charge in [-0.3, -0.25) is 9.59 Å². The maximum atomic E-state index is 11.8. The van der Waals surface area contributed by atoms with E-state index in [-0.39, 0.29) is 18.2 Å². The Morgan fingerprint density at radius 2 is 2.11 bits per heavy atom. The van der Waals surface area contributed by atoms with E-state index in [0.717, 1.165) is 5.82 Å². The van der Waals surface area contributed by atoms with E-state index in [0.29, 0.717) is 12.1 Å². The van der Waals surface area contributed by atoms with E-state index in [2.05, 4.69) is 10.3 Å². The molecule has 0 saturated carbocycles. The highest BCUT2D eigenvalue weighted by molar-refractivity contribution is 5.94. The Labute approximate surface area is 112 Å². The molecule has 0 fully saturated rings. The van der Waals surface area contributed by atoms with E-state index in [9.17, 15) is 9.59 Å². The maximum absolute atomic E-state index is 11.8. The van der Waals surface area contributed by atoms with Gasteiger partial charge in [-0.2, -0.15) is 0 Å². The van der Waals surface area contributed by atoms with Gasteiger partial charge in [-0.25, -0.2) is 4.98 Å². The summed E-state index contributed by atoms with van der Waals surface area (Å²) in [5, 5.41) is 11.3. The van der Waals surface area contributed by atoms with Crippen LogP contribution in [0.1, 0.15) is 23.7 Å². The van der Waals surface area contributed by atoms with Crippen LogP contribution < -0.4 is 10.2 Å². The number of hydrogen-bond acceptors (Lipinski definition) is 4. The molecule has 0 aromatic carbocycles. The summed E-state index contributed by atoms with van der Waals surface area (Å²) in [6.45, 7) is 2.11. The van der Waals surface area contributed by atoms with Gasteiger partial charge in [-0.1, -0.05) is 6.92 Å². The van der Waals surface area contributed by atoms with Crippen LogP contribution in [0.2, 0.25) is 0 Å². The number of amides is 1. The highest BCUT2D eigenvalue weighted by Crippen LogP contribution is 2.08. The van der Waals surface area contributed by atoms with Crippen molar-refractivity contribution < 1.29 is 14.7 Å². The highest BCUT2D eigenvalue weighted by atomic mass is 16.4. The van der Waals surface area contributed by atoms with Gasteiger partial charge in [0.05, 0.1) is 5.56 Å². The fraction of sp³-hybridized carbons (Fsp3) is 0.462. The highest BCUT2D eigenvalue weighted by Gasteiger charge is 2.11. The second-order valence-electron chi connectivity index (χ2n) is 4.71. The summed E-state index contributed by atoms with van der Waals surface area (Å²) in [5.74, 6) is -0.431. The normalized spacial score (nSPS) is 11.7. The Morgan fingerprint density at radius 1 is 1.42 bits per heavy atom. The lowest BCUT2D eigenvalue weighted by Gasteiger charge is -2.12. The SMILES string of the molecule is CC(CNC(=O)c1ccc(N(C)C)nc1)CC(=O)O. The monoisotopic (exact) mass is 265 g/mol. The molecule has 1 aromatic rings. The first-order chi connectivity index (χ1) is 8.90. The molecule has 1 aromatic heterocycles. The van der Waals surface area contributed by atoms with E-state index < -0.39 is 5.97 Å². The number of carbonyl (C=O) groups is 2. The van der Waals surface area contributed by atoms with E-state index in [1.807, 2.05) is 19.0 Å². The number of carbonyl (C=O) groups excluding carboxylic acids is 1. The van der Waals surface area contributed by atoms with Crippen LogP contribution in [0.4, 0.5) is 5.82 Å². The lowest BCUT2D eigenvalue weighted by Crippen LogP contribution is -2.29. The van der Waals surface area contributed by atoms with Gasteiger partial charge in [0.25, 0.3) is 5.91 Å². The largest absolute Gasteiger partial charge is 0.481 e. The number of nitrogens with one attached hydrogen (secondary N) is 1. The van der Waals surface area contributed by atoms with Crippen molar-refractivity contribution in [2.45, 2.75) is 13.3 Å². The average Bonchev–Trinajstić information content (AvgIpc) is 2.35. The van der Waals surface area contributed by atoms with E-state index in [1.165, 1.54) is 6.20 Å². The van der Waals surface area contributed by atoms with Crippen LogP contribution in [-0.4, -0.2) is 42.6 Å². The Hall–Kier alpha value is -2.11. The van der Waals surface area contributed by atoms with Crippen LogP contribution in [0.15, 0.2) is 18.3 Å². The third-order valence-electron chi connectivity index (χ3n) is 2.60. The summed E-state index contributed by atoms with van der Waals surface area (Å²) in [4.78, 5) is 28.3. The van der Waals surface area contributed by atoms with Crippen LogP contribution in [0.3, 0.4) is 0 Å². The lowest BCUT2D eigenvalue weighted by atomic mass is 10.1. The minimum atomic E-state index is -0.862. The van der Waals surface area contributed by atoms with Crippen molar-refractivity contribution in [3.8, 4) is 0 Å². The average molecular weight is 265 g/mol. The Balaban J connectivity index is 2.51. The smallest absolute Gasteiger partial charge is 0.303 e. The molecular formula is C13H19N3O3. The van der Waals surface area contributed by atoms with Crippen LogP contribution in [-0.2, 0) is 4.79 Å². The number of carboxylic acids is 1. The molecule has 1 atom stereocenters. The molecular weight excluding hydrogens is 246 g/mol.